The lowest BCUT2D eigenvalue weighted by Gasteiger charge is -2.30. The average molecular weight is 729 g/mol. The zero-order chi connectivity index (χ0) is 37.5. The normalized spacial score (nSPS) is 25.8. The summed E-state index contributed by atoms with van der Waals surface area (Å²) >= 11 is 0. The number of para-hydroxylation sites is 1. The molecule has 2 fully saturated rings. The smallest absolute Gasteiger partial charge is 0.460 e. The molecule has 3 heterocycles. The molecule has 5 rings (SSSR count). The van der Waals surface area contributed by atoms with Crippen molar-refractivity contribution in [1.82, 2.24) is 19.7 Å². The molecule has 0 amide bonds. The number of nitriles is 1. The van der Waals surface area contributed by atoms with Crippen LogP contribution in [0.15, 0.2) is 48.8 Å². The van der Waals surface area contributed by atoms with E-state index in [4.69, 9.17) is 33.7 Å². The van der Waals surface area contributed by atoms with Gasteiger partial charge in [0.15, 0.2) is 18.0 Å². The van der Waals surface area contributed by atoms with Gasteiger partial charge in [-0.2, -0.15) is 15.4 Å². The summed E-state index contributed by atoms with van der Waals surface area (Å²) in [5.74, 6) is -3.68. The van der Waals surface area contributed by atoms with E-state index >= 15 is 0 Å². The average Bonchev–Trinajstić information content (AvgIpc) is 3.31. The van der Waals surface area contributed by atoms with E-state index in [9.17, 15) is 29.3 Å². The van der Waals surface area contributed by atoms with E-state index in [1.165, 1.54) is 43.7 Å². The molecule has 1 unspecified atom stereocenters. The molecule has 7 atom stereocenters. The highest BCUT2D eigenvalue weighted by molar-refractivity contribution is 7.52. The number of nitrogens with one attached hydrogen (secondary N) is 1. The summed E-state index contributed by atoms with van der Waals surface area (Å²) in [6.07, 6.45) is -3.35. The SMILES string of the molecule is CC(C)C(=O)O[C@H]1[C@H](c2ccc3c(N)ncnn23)O[C@]2(C#N)C(O[P@@](=O)(N[C@@H](C)C(=O)OCC(C)(C)O)Oc3ccccc3)[C@]12OC(=O)C(C)C. The topological polar surface area (TPSA) is 236 Å². The van der Waals surface area contributed by atoms with Crippen molar-refractivity contribution in [3.05, 3.63) is 54.5 Å². The molecule has 1 aliphatic heterocycles. The summed E-state index contributed by atoms with van der Waals surface area (Å²) in [5, 5.41) is 27.6. The van der Waals surface area contributed by atoms with Crippen LogP contribution in [0.25, 0.3) is 5.52 Å². The number of nitrogens with zero attached hydrogens (tertiary/aromatic N) is 4. The van der Waals surface area contributed by atoms with Gasteiger partial charge in [0.05, 0.1) is 23.1 Å². The first-order chi connectivity index (χ1) is 23.9. The Labute approximate surface area is 293 Å². The van der Waals surface area contributed by atoms with E-state index in [-0.39, 0.29) is 23.9 Å². The van der Waals surface area contributed by atoms with Crippen LogP contribution < -0.4 is 15.3 Å². The van der Waals surface area contributed by atoms with E-state index in [0.29, 0.717) is 5.52 Å². The van der Waals surface area contributed by atoms with Gasteiger partial charge in [-0.3, -0.25) is 18.9 Å². The van der Waals surface area contributed by atoms with Crippen LogP contribution in [0, 0.1) is 23.2 Å². The molecule has 0 radical (unpaired) electrons. The van der Waals surface area contributed by atoms with E-state index in [0.717, 1.165) is 0 Å². The van der Waals surface area contributed by atoms with Crippen LogP contribution in [0.2, 0.25) is 0 Å². The third kappa shape index (κ3) is 7.15. The van der Waals surface area contributed by atoms with Crippen LogP contribution in [0.3, 0.4) is 0 Å². The molecule has 3 aromatic rings. The largest absolute Gasteiger partial charge is 0.461 e. The molecular formula is C33H41N6O11P. The highest BCUT2D eigenvalue weighted by atomic mass is 31.2. The second-order valence-corrected chi connectivity index (χ2v) is 15.3. The quantitative estimate of drug-likeness (QED) is 0.123. The number of hydrogen-bond acceptors (Lipinski definition) is 15. The first-order valence-electron chi connectivity index (χ1n) is 16.2. The molecule has 17 nitrogen and oxygen atoms in total. The Balaban J connectivity index is 1.60. The Morgan fingerprint density at radius 2 is 1.76 bits per heavy atom. The number of aliphatic hydroxyl groups is 1. The Morgan fingerprint density at radius 3 is 2.37 bits per heavy atom. The van der Waals surface area contributed by atoms with Gasteiger partial charge in [0.25, 0.3) is 0 Å². The molecular weight excluding hydrogens is 687 g/mol. The summed E-state index contributed by atoms with van der Waals surface area (Å²) < 4.78 is 51.6. The van der Waals surface area contributed by atoms with Gasteiger partial charge in [-0.25, -0.2) is 14.1 Å². The highest BCUT2D eigenvalue weighted by Gasteiger charge is 2.95. The maximum Gasteiger partial charge on any atom is 0.460 e. The van der Waals surface area contributed by atoms with Gasteiger partial charge < -0.3 is 34.3 Å². The van der Waals surface area contributed by atoms with Crippen molar-refractivity contribution in [2.24, 2.45) is 11.8 Å². The van der Waals surface area contributed by atoms with Gasteiger partial charge in [0, 0.05) is 0 Å². The monoisotopic (exact) mass is 728 g/mol. The number of anilines is 1. The number of esters is 3. The minimum atomic E-state index is -4.75. The third-order valence-corrected chi connectivity index (χ3v) is 9.82. The van der Waals surface area contributed by atoms with Crippen molar-refractivity contribution in [1.29, 1.82) is 5.26 Å². The zero-order valence-corrected chi connectivity index (χ0v) is 30.0. The first kappa shape index (κ1) is 37.7. The maximum absolute atomic E-state index is 14.7. The number of hydrogen-bond donors (Lipinski definition) is 3. The van der Waals surface area contributed by atoms with Crippen molar-refractivity contribution in [2.75, 3.05) is 12.3 Å². The molecule has 1 saturated heterocycles. The lowest BCUT2D eigenvalue weighted by Crippen LogP contribution is -2.45. The Morgan fingerprint density at radius 1 is 1.10 bits per heavy atom. The summed E-state index contributed by atoms with van der Waals surface area (Å²) in [6.45, 7) is 10.1. The molecule has 2 aromatic heterocycles. The predicted molar refractivity (Wildman–Crippen MR) is 177 cm³/mol. The van der Waals surface area contributed by atoms with Gasteiger partial charge in [-0.15, -0.1) is 0 Å². The van der Waals surface area contributed by atoms with Crippen LogP contribution in [-0.2, 0) is 42.4 Å². The maximum atomic E-state index is 14.7. The number of ether oxygens (including phenoxy) is 4. The van der Waals surface area contributed by atoms with Crippen LogP contribution >= 0.6 is 7.75 Å². The number of carbonyl (C=O) groups excluding carboxylic acids is 3. The Hall–Kier alpha value is -4.59. The number of nitrogens with two attached hydrogens (primary N) is 1. The molecule has 4 N–H and O–H groups in total. The fraction of sp³-hybridized carbons (Fsp3) is 0.515. The van der Waals surface area contributed by atoms with Crippen LogP contribution in [-0.4, -0.2) is 79.3 Å². The van der Waals surface area contributed by atoms with Gasteiger partial charge in [-0.1, -0.05) is 45.9 Å². The predicted octanol–water partition coefficient (Wildman–Crippen LogP) is 3.03. The fourth-order valence-electron chi connectivity index (χ4n) is 5.52. The van der Waals surface area contributed by atoms with Gasteiger partial charge in [0.1, 0.15) is 42.4 Å². The molecule has 274 valence electrons. The Bertz CT molecular complexity index is 1890. The molecule has 1 aliphatic carbocycles. The standard InChI is InChI=1S/C33H41N6O11P/c1-18(2)27(40)46-25-24(22-13-14-23-26(35)36-17-37-39(22)23)47-32(15-34)30(33(25,32)48-28(41)19(3)4)50-51(44,49-21-11-9-8-10-12-21)38-20(5)29(42)45-16-31(6,7)43/h8-14,17-20,24-25,30,43H,16H2,1-7H3,(H,38,44)(H2,35,36,37)/t20-,24-,25-,30?,32+,33+,51+/m0/s1. The van der Waals surface area contributed by atoms with Gasteiger partial charge in [0.2, 0.25) is 11.2 Å². The number of fused-ring (bicyclic) bond motifs is 2. The summed E-state index contributed by atoms with van der Waals surface area (Å²) in [6, 6.07) is 11.7. The van der Waals surface area contributed by atoms with Crippen molar-refractivity contribution in [3.63, 3.8) is 0 Å². The second kappa shape index (κ2) is 13.9. The molecule has 0 spiro atoms. The zero-order valence-electron chi connectivity index (χ0n) is 29.1. The van der Waals surface area contributed by atoms with Crippen molar-refractivity contribution in [3.8, 4) is 11.8 Å². The van der Waals surface area contributed by atoms with Crippen LogP contribution in [0.5, 0.6) is 5.75 Å². The van der Waals surface area contributed by atoms with E-state index < -0.39 is 78.6 Å². The van der Waals surface area contributed by atoms with Gasteiger partial charge in [-0.05, 0) is 45.0 Å². The highest BCUT2D eigenvalue weighted by Crippen LogP contribution is 2.71. The minimum Gasteiger partial charge on any atom is -0.461 e. The van der Waals surface area contributed by atoms with Crippen LogP contribution in [0.4, 0.5) is 5.82 Å². The molecule has 0 bridgehead atoms. The number of rotatable bonds is 14. The van der Waals surface area contributed by atoms with Crippen molar-refractivity contribution >= 4 is 37.0 Å². The molecule has 2 aliphatic rings. The second-order valence-electron chi connectivity index (χ2n) is 13.6. The van der Waals surface area contributed by atoms with Crippen molar-refractivity contribution in [2.45, 2.75) is 89.6 Å². The van der Waals surface area contributed by atoms with E-state index in [1.807, 2.05) is 6.07 Å². The van der Waals surface area contributed by atoms with E-state index in [1.54, 1.807) is 58.0 Å². The van der Waals surface area contributed by atoms with E-state index in [2.05, 4.69) is 15.2 Å². The molecule has 1 aromatic carbocycles. The van der Waals surface area contributed by atoms with Crippen molar-refractivity contribution < 1.29 is 52.1 Å². The van der Waals surface area contributed by atoms with Gasteiger partial charge >= 0.3 is 25.7 Å². The molecule has 18 heteroatoms. The summed E-state index contributed by atoms with van der Waals surface area (Å²) in [7, 11) is -4.75. The summed E-state index contributed by atoms with van der Waals surface area (Å²) in [4.78, 5) is 43.6. The minimum absolute atomic E-state index is 0.0499. The first-order valence-corrected chi connectivity index (χ1v) is 17.7. The molecule has 51 heavy (non-hydrogen) atoms. The van der Waals surface area contributed by atoms with Crippen LogP contribution in [0.1, 0.15) is 60.3 Å². The fourth-order valence-corrected chi connectivity index (χ4v) is 7.24. The Kier molecular flexibility index (Phi) is 10.2. The third-order valence-electron chi connectivity index (χ3n) is 8.18. The lowest BCUT2D eigenvalue weighted by atomic mass is 10.0. The number of carbonyl (C=O) groups is 3. The lowest BCUT2D eigenvalue weighted by molar-refractivity contribution is -0.181. The molecule has 1 saturated carbocycles. The number of aromatic nitrogens is 3. The number of benzene rings is 1. The number of nitrogen functional groups attached to an aromatic ring is 1. The summed E-state index contributed by atoms with van der Waals surface area (Å²) in [5.41, 5.74) is 0.921.